The van der Waals surface area contributed by atoms with Gasteiger partial charge in [-0.3, -0.25) is 4.79 Å². The van der Waals surface area contributed by atoms with E-state index in [2.05, 4.69) is 24.5 Å². The molecule has 1 aliphatic heterocycles. The Hall–Kier alpha value is -0.610. The molecule has 1 unspecified atom stereocenters. The van der Waals surface area contributed by atoms with Gasteiger partial charge in [-0.2, -0.15) is 0 Å². The quantitative estimate of drug-likeness (QED) is 0.696. The highest BCUT2D eigenvalue weighted by atomic mass is 16.2. The maximum absolute atomic E-state index is 12.3. The number of likely N-dealkylation sites (N-methyl/N-ethyl adjacent to an activating group) is 1. The second-order valence-corrected chi connectivity index (χ2v) is 4.65. The van der Waals surface area contributed by atoms with E-state index in [1.54, 1.807) is 0 Å². The summed E-state index contributed by atoms with van der Waals surface area (Å²) >= 11 is 0. The third kappa shape index (κ3) is 2.49. The summed E-state index contributed by atoms with van der Waals surface area (Å²) in [7, 11) is 1.86. The van der Waals surface area contributed by atoms with Crippen LogP contribution < -0.4 is 10.6 Å². The second-order valence-electron chi connectivity index (χ2n) is 4.65. The first kappa shape index (κ1) is 12.5. The molecule has 4 nitrogen and oxygen atoms in total. The molecule has 0 spiro atoms. The zero-order valence-electron chi connectivity index (χ0n) is 10.3. The van der Waals surface area contributed by atoms with Gasteiger partial charge in [0.25, 0.3) is 0 Å². The monoisotopic (exact) mass is 213 g/mol. The van der Waals surface area contributed by atoms with Gasteiger partial charge in [0.2, 0.25) is 5.91 Å². The molecule has 88 valence electrons. The molecule has 0 radical (unpaired) electrons. The van der Waals surface area contributed by atoms with Crippen LogP contribution in [0.5, 0.6) is 0 Å². The van der Waals surface area contributed by atoms with Crippen molar-refractivity contribution in [2.45, 2.75) is 26.3 Å². The van der Waals surface area contributed by atoms with E-state index in [1.807, 2.05) is 18.9 Å². The van der Waals surface area contributed by atoms with Crippen molar-refractivity contribution in [2.24, 2.45) is 5.92 Å². The van der Waals surface area contributed by atoms with Crippen molar-refractivity contribution in [2.75, 3.05) is 33.2 Å². The Labute approximate surface area is 92.4 Å². The van der Waals surface area contributed by atoms with Gasteiger partial charge in [0.15, 0.2) is 0 Å². The van der Waals surface area contributed by atoms with E-state index in [0.717, 1.165) is 26.2 Å². The van der Waals surface area contributed by atoms with Crippen LogP contribution in [0.2, 0.25) is 0 Å². The Morgan fingerprint density at radius 3 is 2.33 bits per heavy atom. The Balaban J connectivity index is 2.71. The lowest BCUT2D eigenvalue weighted by atomic mass is 9.87. The second kappa shape index (κ2) is 4.94. The van der Waals surface area contributed by atoms with Crippen molar-refractivity contribution < 1.29 is 4.79 Å². The van der Waals surface area contributed by atoms with Gasteiger partial charge < -0.3 is 15.5 Å². The van der Waals surface area contributed by atoms with Crippen LogP contribution in [0.15, 0.2) is 0 Å². The number of nitrogens with zero attached hydrogens (tertiary/aromatic N) is 1. The molecule has 15 heavy (non-hydrogen) atoms. The molecule has 0 aromatic rings. The average Bonchev–Trinajstić information content (AvgIpc) is 2.28. The Bertz CT molecular complexity index is 224. The van der Waals surface area contributed by atoms with E-state index < -0.39 is 5.54 Å². The van der Waals surface area contributed by atoms with Gasteiger partial charge in [-0.05, 0) is 19.9 Å². The first-order chi connectivity index (χ1) is 7.02. The lowest BCUT2D eigenvalue weighted by Crippen LogP contribution is -2.61. The highest BCUT2D eigenvalue weighted by Crippen LogP contribution is 2.19. The van der Waals surface area contributed by atoms with E-state index in [9.17, 15) is 4.79 Å². The van der Waals surface area contributed by atoms with Crippen LogP contribution >= 0.6 is 0 Å². The molecular formula is C11H23N3O. The third-order valence-electron chi connectivity index (χ3n) is 3.52. The Morgan fingerprint density at radius 1 is 1.40 bits per heavy atom. The maximum atomic E-state index is 12.3. The molecule has 0 aromatic carbocycles. The number of amides is 1. The predicted molar refractivity (Wildman–Crippen MR) is 61.8 cm³/mol. The number of hydrogen-bond acceptors (Lipinski definition) is 3. The molecule has 1 saturated heterocycles. The van der Waals surface area contributed by atoms with Gasteiger partial charge in [0.05, 0.1) is 5.54 Å². The summed E-state index contributed by atoms with van der Waals surface area (Å²) < 4.78 is 0. The molecule has 0 aliphatic carbocycles. The highest BCUT2D eigenvalue weighted by molar-refractivity contribution is 5.86. The Morgan fingerprint density at radius 2 is 1.93 bits per heavy atom. The number of piperazine rings is 1. The lowest BCUT2D eigenvalue weighted by Gasteiger charge is -2.38. The zero-order chi connectivity index (χ0) is 11.5. The molecule has 1 aliphatic rings. The number of nitrogens with one attached hydrogen (secondary N) is 2. The fourth-order valence-electron chi connectivity index (χ4n) is 1.84. The van der Waals surface area contributed by atoms with E-state index in [0.29, 0.717) is 5.92 Å². The standard InChI is InChI=1S/C11H23N3O/c1-9(2)11(3,12-4)10(15)14-7-5-13-6-8-14/h9,12-13H,5-8H2,1-4H3. The molecule has 1 heterocycles. The van der Waals surface area contributed by atoms with Gasteiger partial charge in [-0.15, -0.1) is 0 Å². The molecule has 1 amide bonds. The van der Waals surface area contributed by atoms with Crippen molar-refractivity contribution in [1.82, 2.24) is 15.5 Å². The topological polar surface area (TPSA) is 44.4 Å². The van der Waals surface area contributed by atoms with Gasteiger partial charge in [-0.1, -0.05) is 13.8 Å². The minimum Gasteiger partial charge on any atom is -0.339 e. The smallest absolute Gasteiger partial charge is 0.242 e. The number of rotatable bonds is 3. The van der Waals surface area contributed by atoms with Crippen molar-refractivity contribution in [3.63, 3.8) is 0 Å². The largest absolute Gasteiger partial charge is 0.339 e. The maximum Gasteiger partial charge on any atom is 0.242 e. The summed E-state index contributed by atoms with van der Waals surface area (Å²) in [6, 6.07) is 0. The number of hydrogen-bond donors (Lipinski definition) is 2. The summed E-state index contributed by atoms with van der Waals surface area (Å²) in [5.41, 5.74) is -0.433. The molecule has 0 aromatic heterocycles. The van der Waals surface area contributed by atoms with Crippen molar-refractivity contribution in [1.29, 1.82) is 0 Å². The first-order valence-corrected chi connectivity index (χ1v) is 5.71. The van der Waals surface area contributed by atoms with E-state index in [1.165, 1.54) is 0 Å². The van der Waals surface area contributed by atoms with Crippen molar-refractivity contribution >= 4 is 5.91 Å². The number of carbonyl (C=O) groups excluding carboxylic acids is 1. The minimum atomic E-state index is -0.433. The summed E-state index contributed by atoms with van der Waals surface area (Å²) in [6.07, 6.45) is 0. The molecule has 0 saturated carbocycles. The van der Waals surface area contributed by atoms with E-state index in [4.69, 9.17) is 0 Å². The predicted octanol–water partition coefficient (Wildman–Crippen LogP) is 0.0523. The highest BCUT2D eigenvalue weighted by Gasteiger charge is 2.38. The summed E-state index contributed by atoms with van der Waals surface area (Å²) in [4.78, 5) is 14.3. The first-order valence-electron chi connectivity index (χ1n) is 5.71. The van der Waals surface area contributed by atoms with Crippen LogP contribution in [-0.2, 0) is 4.79 Å². The normalized spacial score (nSPS) is 21.5. The van der Waals surface area contributed by atoms with Crippen LogP contribution in [0, 0.1) is 5.92 Å². The van der Waals surface area contributed by atoms with Gasteiger partial charge in [-0.25, -0.2) is 0 Å². The molecule has 1 atom stereocenters. The van der Waals surface area contributed by atoms with Crippen LogP contribution in [0.3, 0.4) is 0 Å². The molecular weight excluding hydrogens is 190 g/mol. The lowest BCUT2D eigenvalue weighted by molar-refractivity contribution is -0.140. The van der Waals surface area contributed by atoms with Crippen LogP contribution in [0.1, 0.15) is 20.8 Å². The van der Waals surface area contributed by atoms with Crippen LogP contribution in [0.4, 0.5) is 0 Å². The van der Waals surface area contributed by atoms with Gasteiger partial charge >= 0.3 is 0 Å². The molecule has 2 N–H and O–H groups in total. The van der Waals surface area contributed by atoms with Crippen LogP contribution in [-0.4, -0.2) is 49.6 Å². The zero-order valence-corrected chi connectivity index (χ0v) is 10.3. The van der Waals surface area contributed by atoms with E-state index >= 15 is 0 Å². The van der Waals surface area contributed by atoms with Crippen molar-refractivity contribution in [3.05, 3.63) is 0 Å². The summed E-state index contributed by atoms with van der Waals surface area (Å²) in [5, 5.41) is 6.42. The average molecular weight is 213 g/mol. The number of carbonyl (C=O) groups is 1. The van der Waals surface area contributed by atoms with Gasteiger partial charge in [0, 0.05) is 26.2 Å². The molecule has 1 fully saturated rings. The fraction of sp³-hybridized carbons (Fsp3) is 0.909. The molecule has 1 rings (SSSR count). The van der Waals surface area contributed by atoms with E-state index in [-0.39, 0.29) is 5.91 Å². The SMILES string of the molecule is CNC(C)(C(=O)N1CCNCC1)C(C)C. The summed E-state index contributed by atoms with van der Waals surface area (Å²) in [6.45, 7) is 9.61. The van der Waals surface area contributed by atoms with Crippen molar-refractivity contribution in [3.8, 4) is 0 Å². The Kier molecular flexibility index (Phi) is 4.11. The molecule has 0 bridgehead atoms. The minimum absolute atomic E-state index is 0.224. The molecule has 4 heteroatoms. The third-order valence-corrected chi connectivity index (χ3v) is 3.52. The van der Waals surface area contributed by atoms with Gasteiger partial charge in [0.1, 0.15) is 0 Å². The fourth-order valence-corrected chi connectivity index (χ4v) is 1.84. The summed E-state index contributed by atoms with van der Waals surface area (Å²) in [5.74, 6) is 0.520. The van der Waals surface area contributed by atoms with Crippen LogP contribution in [0.25, 0.3) is 0 Å².